The molecule has 0 unspecified atom stereocenters. The van der Waals surface area contributed by atoms with Crippen LogP contribution in [-0.2, 0) is 20.4 Å². The molecule has 0 saturated carbocycles. The second kappa shape index (κ2) is 72.9. The minimum atomic E-state index is 0. The molecular formula is C60H132P4Pd. The summed E-state index contributed by atoms with van der Waals surface area (Å²) in [4.78, 5) is 0. The van der Waals surface area contributed by atoms with E-state index in [1.54, 1.807) is 73.9 Å². The molecule has 0 aromatic rings. The fourth-order valence-electron chi connectivity index (χ4n) is 8.37. The van der Waals surface area contributed by atoms with E-state index in [-0.39, 0.29) is 20.4 Å². The van der Waals surface area contributed by atoms with E-state index in [0.29, 0.717) is 31.7 Å². The van der Waals surface area contributed by atoms with Crippen molar-refractivity contribution in [2.24, 2.45) is 0 Å². The molecule has 0 nitrogen and oxygen atoms in total. The van der Waals surface area contributed by atoms with Crippen LogP contribution in [0.2, 0.25) is 0 Å². The predicted octanol–water partition coefficient (Wildman–Crippen LogP) is 24.2. The first-order valence-corrected chi connectivity index (χ1v) is 37.9. The van der Waals surface area contributed by atoms with Crippen molar-refractivity contribution in [1.82, 2.24) is 0 Å². The quantitative estimate of drug-likeness (QED) is 0.0324. The van der Waals surface area contributed by atoms with Gasteiger partial charge < -0.3 is 0 Å². The van der Waals surface area contributed by atoms with Crippen molar-refractivity contribution < 1.29 is 20.4 Å². The first kappa shape index (κ1) is 76.3. The molecule has 402 valence electrons. The van der Waals surface area contributed by atoms with E-state index >= 15 is 0 Å². The monoisotopic (exact) mass is 1080 g/mol. The van der Waals surface area contributed by atoms with E-state index in [9.17, 15) is 0 Å². The number of hydrogen-bond donors (Lipinski definition) is 0. The molecule has 0 fully saturated rings. The third-order valence-corrected chi connectivity index (χ3v) is 24.3. The van der Waals surface area contributed by atoms with Gasteiger partial charge in [-0.05, 0) is 151 Å². The summed E-state index contributed by atoms with van der Waals surface area (Å²) >= 11 is 0. The van der Waals surface area contributed by atoms with Crippen LogP contribution in [0.15, 0.2) is 0 Å². The van der Waals surface area contributed by atoms with Crippen molar-refractivity contribution in [3.63, 3.8) is 0 Å². The molecule has 0 saturated heterocycles. The maximum Gasteiger partial charge on any atom is 0 e. The van der Waals surface area contributed by atoms with Crippen LogP contribution in [0.1, 0.15) is 314 Å². The first-order valence-electron chi connectivity index (χ1n) is 30.3. The van der Waals surface area contributed by atoms with Crippen molar-refractivity contribution in [1.29, 1.82) is 0 Å². The van der Waals surface area contributed by atoms with E-state index in [1.165, 1.54) is 231 Å². The fraction of sp³-hybridized carbons (Fsp3) is 1.00. The first-order chi connectivity index (χ1) is 31.4. The summed E-state index contributed by atoms with van der Waals surface area (Å²) < 4.78 is 0. The molecule has 0 aliphatic rings. The van der Waals surface area contributed by atoms with E-state index in [0.717, 1.165) is 0 Å². The Morgan fingerprint density at radius 2 is 0.215 bits per heavy atom. The van der Waals surface area contributed by atoms with Gasteiger partial charge in [0.2, 0.25) is 0 Å². The summed E-state index contributed by atoms with van der Waals surface area (Å²) in [6.45, 7) is 27.8. The van der Waals surface area contributed by atoms with Gasteiger partial charge in [-0.3, -0.25) is 0 Å². The normalized spacial score (nSPS) is 11.1. The molecule has 0 spiro atoms. The molecule has 0 aromatic heterocycles. The Labute approximate surface area is 437 Å². The molecule has 0 aliphatic carbocycles. The molecule has 0 N–H and O–H groups in total. The molecule has 0 radical (unpaired) electrons. The number of hydrogen-bond acceptors (Lipinski definition) is 0. The molecule has 0 amide bonds. The summed E-state index contributed by atoms with van der Waals surface area (Å²) in [6, 6.07) is 0. The van der Waals surface area contributed by atoms with Crippen LogP contribution in [0.5, 0.6) is 0 Å². The van der Waals surface area contributed by atoms with E-state index in [1.807, 2.05) is 0 Å². The zero-order valence-corrected chi connectivity index (χ0v) is 53.2. The second-order valence-electron chi connectivity index (χ2n) is 19.9. The summed E-state index contributed by atoms with van der Waals surface area (Å²) in [5.74, 6) is 0. The van der Waals surface area contributed by atoms with Gasteiger partial charge in [0, 0.05) is 20.4 Å². The molecule has 0 rings (SSSR count). The minimum Gasteiger partial charge on any atom is -0.107 e. The Hall–Kier alpha value is 2.38. The van der Waals surface area contributed by atoms with Crippen LogP contribution >= 0.6 is 31.7 Å². The summed E-state index contributed by atoms with van der Waals surface area (Å²) in [7, 11) is 1.62. The molecule has 0 aromatic carbocycles. The van der Waals surface area contributed by atoms with Gasteiger partial charge in [-0.15, -0.1) is 31.7 Å². The van der Waals surface area contributed by atoms with Crippen molar-refractivity contribution in [3.8, 4) is 0 Å². The van der Waals surface area contributed by atoms with Gasteiger partial charge in [0.05, 0.1) is 0 Å². The average molecular weight is 1080 g/mol. The van der Waals surface area contributed by atoms with Crippen LogP contribution in [0, 0.1) is 0 Å². The summed E-state index contributed by atoms with van der Waals surface area (Å²) in [6.07, 6.45) is 70.9. The summed E-state index contributed by atoms with van der Waals surface area (Å²) in [5, 5.41) is 0. The van der Waals surface area contributed by atoms with Gasteiger partial charge in [-0.2, -0.15) is 0 Å². The maximum atomic E-state index is 2.32. The Morgan fingerprint density at radius 1 is 0.138 bits per heavy atom. The second-order valence-corrected chi connectivity index (χ2v) is 30.6. The maximum absolute atomic E-state index is 2.32. The van der Waals surface area contributed by atoms with Gasteiger partial charge >= 0.3 is 0 Å². The van der Waals surface area contributed by atoms with Gasteiger partial charge in [-0.25, -0.2) is 0 Å². The minimum absolute atomic E-state index is 0. The van der Waals surface area contributed by atoms with Crippen LogP contribution in [0.3, 0.4) is 0 Å². The van der Waals surface area contributed by atoms with Crippen LogP contribution < -0.4 is 0 Å². The summed E-state index contributed by atoms with van der Waals surface area (Å²) in [5.41, 5.74) is 0. The molecule has 0 heterocycles. The van der Waals surface area contributed by atoms with Crippen LogP contribution in [-0.4, -0.2) is 73.9 Å². The standard InChI is InChI=1S/4C15H33P.Pd/c4*1-4-7-10-13-16(14-11-8-5-2)15-12-9-6-3;/h4*4-15H2,1-3H3;. The largest absolute Gasteiger partial charge is 0.107 e. The average Bonchev–Trinajstić information content (AvgIpc) is 3.30. The Bertz CT molecular complexity index is 523. The van der Waals surface area contributed by atoms with Crippen molar-refractivity contribution in [3.05, 3.63) is 0 Å². The van der Waals surface area contributed by atoms with Gasteiger partial charge in [0.15, 0.2) is 0 Å². The number of unbranched alkanes of at least 4 members (excludes halogenated alkanes) is 24. The number of rotatable bonds is 48. The third kappa shape index (κ3) is 70.7. The molecule has 5 heteroatoms. The van der Waals surface area contributed by atoms with Gasteiger partial charge in [0.1, 0.15) is 0 Å². The molecule has 0 bridgehead atoms. The molecule has 0 atom stereocenters. The van der Waals surface area contributed by atoms with Crippen LogP contribution in [0.4, 0.5) is 0 Å². The smallest absolute Gasteiger partial charge is 0 e. The van der Waals surface area contributed by atoms with Crippen molar-refractivity contribution in [2.45, 2.75) is 314 Å². The SMILES string of the molecule is CCCCCP(CCCCC)CCCCC.CCCCCP(CCCCC)CCCCC.CCCCCP(CCCCC)CCCCC.CCCCCP(CCCCC)CCCCC.[Pd]. The Morgan fingerprint density at radius 3 is 0.277 bits per heavy atom. The van der Waals surface area contributed by atoms with Gasteiger partial charge in [0.25, 0.3) is 0 Å². The van der Waals surface area contributed by atoms with Crippen molar-refractivity contribution in [2.75, 3.05) is 73.9 Å². The van der Waals surface area contributed by atoms with Crippen LogP contribution in [0.25, 0.3) is 0 Å². The van der Waals surface area contributed by atoms with E-state index in [4.69, 9.17) is 0 Å². The Balaban J connectivity index is -0.000000245. The molecule has 0 aliphatic heterocycles. The Kier molecular flexibility index (Phi) is 85.6. The zero-order chi connectivity index (χ0) is 48.3. The van der Waals surface area contributed by atoms with Gasteiger partial charge in [-0.1, -0.05) is 237 Å². The molecule has 65 heavy (non-hydrogen) atoms. The topological polar surface area (TPSA) is 0 Å². The van der Waals surface area contributed by atoms with E-state index < -0.39 is 0 Å². The third-order valence-electron chi connectivity index (χ3n) is 12.9. The predicted molar refractivity (Wildman–Crippen MR) is 320 cm³/mol. The zero-order valence-electron chi connectivity index (χ0n) is 48.0. The van der Waals surface area contributed by atoms with E-state index in [2.05, 4.69) is 83.1 Å². The van der Waals surface area contributed by atoms with Crippen molar-refractivity contribution >= 4 is 31.7 Å². The fourth-order valence-corrected chi connectivity index (χ4v) is 19.1. The molecular weight excluding hydrogens is 951 g/mol.